The second-order valence-electron chi connectivity index (χ2n) is 6.55. The molecule has 136 valence electrons. The summed E-state index contributed by atoms with van der Waals surface area (Å²) in [7, 11) is 0. The zero-order chi connectivity index (χ0) is 18.5. The molecule has 0 spiro atoms. The van der Waals surface area contributed by atoms with Gasteiger partial charge in [-0.2, -0.15) is 0 Å². The zero-order valence-electron chi connectivity index (χ0n) is 14.1. The van der Waals surface area contributed by atoms with Crippen LogP contribution in [0.3, 0.4) is 0 Å². The minimum Gasteiger partial charge on any atom is -0.464 e. The van der Waals surface area contributed by atoms with Crippen molar-refractivity contribution in [1.29, 1.82) is 0 Å². The summed E-state index contributed by atoms with van der Waals surface area (Å²) in [6.07, 6.45) is 1.46. The van der Waals surface area contributed by atoms with Crippen LogP contribution in [-0.4, -0.2) is 31.6 Å². The molecule has 5 rings (SSSR count). The lowest BCUT2D eigenvalue weighted by Gasteiger charge is -2.32. The first kappa shape index (κ1) is 16.0. The highest BCUT2D eigenvalue weighted by atomic mass is 19.1. The highest BCUT2D eigenvalue weighted by Gasteiger charge is 2.43. The molecule has 4 heterocycles. The average Bonchev–Trinajstić information content (AvgIpc) is 3.31. The van der Waals surface area contributed by atoms with Gasteiger partial charge in [0.05, 0.1) is 29.7 Å². The lowest BCUT2D eigenvalue weighted by molar-refractivity contribution is -0.136. The minimum atomic E-state index is -0.628. The SMILES string of the molecule is O=C1COCC2=C1C(c1ccc(F)c(-c3ccco3)c1)C1=C(COC1=O)N2. The molecule has 0 fully saturated rings. The summed E-state index contributed by atoms with van der Waals surface area (Å²) in [4.78, 5) is 25.0. The number of esters is 1. The summed E-state index contributed by atoms with van der Waals surface area (Å²) in [6.45, 7) is 0.303. The lowest BCUT2D eigenvalue weighted by atomic mass is 9.78. The fourth-order valence-corrected chi connectivity index (χ4v) is 3.82. The van der Waals surface area contributed by atoms with Gasteiger partial charge in [0.25, 0.3) is 0 Å². The molecule has 1 unspecified atom stereocenters. The molecule has 0 bridgehead atoms. The van der Waals surface area contributed by atoms with Gasteiger partial charge in [-0.05, 0) is 29.8 Å². The topological polar surface area (TPSA) is 77.8 Å². The van der Waals surface area contributed by atoms with Gasteiger partial charge >= 0.3 is 5.97 Å². The Morgan fingerprint density at radius 3 is 2.70 bits per heavy atom. The van der Waals surface area contributed by atoms with Crippen LogP contribution in [0.15, 0.2) is 63.6 Å². The van der Waals surface area contributed by atoms with Crippen molar-refractivity contribution in [1.82, 2.24) is 5.32 Å². The number of rotatable bonds is 2. The molecule has 0 saturated carbocycles. The van der Waals surface area contributed by atoms with E-state index >= 15 is 0 Å². The molecule has 1 aromatic carbocycles. The monoisotopic (exact) mass is 367 g/mol. The second-order valence-corrected chi connectivity index (χ2v) is 6.55. The smallest absolute Gasteiger partial charge is 0.337 e. The fraction of sp³-hybridized carbons (Fsp3) is 0.200. The number of hydrogen-bond donors (Lipinski definition) is 1. The number of cyclic esters (lactones) is 1. The van der Waals surface area contributed by atoms with Crippen LogP contribution < -0.4 is 5.32 Å². The Morgan fingerprint density at radius 2 is 1.89 bits per heavy atom. The van der Waals surface area contributed by atoms with E-state index in [9.17, 15) is 14.0 Å². The fourth-order valence-electron chi connectivity index (χ4n) is 3.82. The normalized spacial score (nSPS) is 21.7. The molecule has 3 aliphatic heterocycles. The number of ketones is 1. The number of ether oxygens (including phenoxy) is 2. The average molecular weight is 367 g/mol. The summed E-state index contributed by atoms with van der Waals surface area (Å²) in [6, 6.07) is 7.85. The van der Waals surface area contributed by atoms with E-state index in [4.69, 9.17) is 13.9 Å². The quantitative estimate of drug-likeness (QED) is 0.822. The van der Waals surface area contributed by atoms with Crippen LogP contribution in [0.2, 0.25) is 0 Å². The Morgan fingerprint density at radius 1 is 1.04 bits per heavy atom. The molecule has 2 aromatic rings. The Balaban J connectivity index is 1.70. The molecule has 3 aliphatic rings. The first-order chi connectivity index (χ1) is 13.1. The van der Waals surface area contributed by atoms with E-state index in [2.05, 4.69) is 5.32 Å². The molecular weight excluding hydrogens is 353 g/mol. The van der Waals surface area contributed by atoms with Crippen LogP contribution in [0.1, 0.15) is 11.5 Å². The molecule has 1 atom stereocenters. The summed E-state index contributed by atoms with van der Waals surface area (Å²) in [5.74, 6) is -1.38. The Hall–Kier alpha value is -3.19. The molecule has 7 heteroatoms. The Kier molecular flexibility index (Phi) is 3.51. The lowest BCUT2D eigenvalue weighted by Crippen LogP contribution is -2.37. The van der Waals surface area contributed by atoms with E-state index in [1.807, 2.05) is 0 Å². The molecule has 0 aliphatic carbocycles. The Bertz CT molecular complexity index is 1030. The van der Waals surface area contributed by atoms with Gasteiger partial charge in [-0.1, -0.05) is 6.07 Å². The largest absolute Gasteiger partial charge is 0.464 e. The van der Waals surface area contributed by atoms with Gasteiger partial charge < -0.3 is 19.2 Å². The standard InChI is InChI=1S/C20H14FNO5/c21-12-4-3-10(6-11(12)16-2-1-5-26-16)17-18-13(7-25-9-15(18)23)22-14-8-27-20(24)19(14)17/h1-6,17,22H,7-9H2. The summed E-state index contributed by atoms with van der Waals surface area (Å²) < 4.78 is 30.2. The minimum absolute atomic E-state index is 0.0547. The van der Waals surface area contributed by atoms with Crippen LogP contribution in [-0.2, 0) is 19.1 Å². The third-order valence-corrected chi connectivity index (χ3v) is 4.99. The summed E-state index contributed by atoms with van der Waals surface area (Å²) in [5.41, 5.74) is 2.99. The molecule has 27 heavy (non-hydrogen) atoms. The molecule has 1 aromatic heterocycles. The van der Waals surface area contributed by atoms with Crippen molar-refractivity contribution < 1.29 is 27.9 Å². The molecule has 1 N–H and O–H groups in total. The van der Waals surface area contributed by atoms with Crippen LogP contribution in [0.4, 0.5) is 4.39 Å². The first-order valence-corrected chi connectivity index (χ1v) is 8.48. The Labute approximate surface area is 153 Å². The van der Waals surface area contributed by atoms with Gasteiger partial charge in [0.1, 0.15) is 24.8 Å². The highest BCUT2D eigenvalue weighted by Crippen LogP contribution is 2.43. The van der Waals surface area contributed by atoms with Gasteiger partial charge in [-0.15, -0.1) is 0 Å². The van der Waals surface area contributed by atoms with E-state index in [0.717, 1.165) is 0 Å². The number of nitrogens with one attached hydrogen (secondary N) is 1. The van der Waals surface area contributed by atoms with Crippen molar-refractivity contribution in [3.63, 3.8) is 0 Å². The number of furan rings is 1. The number of halogens is 1. The molecule has 0 radical (unpaired) electrons. The first-order valence-electron chi connectivity index (χ1n) is 8.48. The third kappa shape index (κ3) is 2.43. The second kappa shape index (κ2) is 5.92. The maximum atomic E-state index is 14.4. The molecule has 6 nitrogen and oxygen atoms in total. The maximum absolute atomic E-state index is 14.4. The zero-order valence-corrected chi connectivity index (χ0v) is 14.1. The number of carbonyl (C=O) groups is 2. The number of dihydropyridines is 1. The van der Waals surface area contributed by atoms with Crippen molar-refractivity contribution in [3.05, 3.63) is 70.5 Å². The van der Waals surface area contributed by atoms with Crippen LogP contribution in [0, 0.1) is 5.82 Å². The number of benzene rings is 1. The maximum Gasteiger partial charge on any atom is 0.337 e. The van der Waals surface area contributed by atoms with E-state index in [0.29, 0.717) is 33.9 Å². The van der Waals surface area contributed by atoms with Crippen molar-refractivity contribution in [2.45, 2.75) is 5.92 Å². The molecule has 0 saturated heterocycles. The van der Waals surface area contributed by atoms with Gasteiger partial charge in [0.2, 0.25) is 0 Å². The summed E-state index contributed by atoms with van der Waals surface area (Å²) in [5, 5.41) is 3.11. The van der Waals surface area contributed by atoms with Gasteiger partial charge in [0, 0.05) is 17.2 Å². The van der Waals surface area contributed by atoms with E-state index < -0.39 is 17.7 Å². The summed E-state index contributed by atoms with van der Waals surface area (Å²) >= 11 is 0. The predicted octanol–water partition coefficient (Wildman–Crippen LogP) is 2.44. The van der Waals surface area contributed by atoms with Crippen LogP contribution in [0.5, 0.6) is 0 Å². The van der Waals surface area contributed by atoms with Crippen molar-refractivity contribution in [2.24, 2.45) is 0 Å². The van der Waals surface area contributed by atoms with E-state index in [1.165, 1.54) is 12.3 Å². The van der Waals surface area contributed by atoms with Crippen molar-refractivity contribution >= 4 is 11.8 Å². The predicted molar refractivity (Wildman–Crippen MR) is 90.8 cm³/mol. The number of Topliss-reactive ketones (excluding diaryl/α,β-unsaturated/α-hetero) is 1. The van der Waals surface area contributed by atoms with E-state index in [1.54, 1.807) is 24.3 Å². The molecular formula is C20H14FNO5. The third-order valence-electron chi connectivity index (χ3n) is 4.99. The van der Waals surface area contributed by atoms with Gasteiger partial charge in [-0.25, -0.2) is 9.18 Å². The number of hydrogen-bond acceptors (Lipinski definition) is 6. The van der Waals surface area contributed by atoms with Gasteiger partial charge in [0.15, 0.2) is 5.78 Å². The van der Waals surface area contributed by atoms with Crippen LogP contribution in [0.25, 0.3) is 11.3 Å². The van der Waals surface area contributed by atoms with Crippen molar-refractivity contribution in [3.8, 4) is 11.3 Å². The van der Waals surface area contributed by atoms with Crippen LogP contribution >= 0.6 is 0 Å². The van der Waals surface area contributed by atoms with E-state index in [-0.39, 0.29) is 31.2 Å². The number of carbonyl (C=O) groups excluding carboxylic acids is 2. The van der Waals surface area contributed by atoms with Gasteiger partial charge in [-0.3, -0.25) is 4.79 Å². The van der Waals surface area contributed by atoms with Crippen molar-refractivity contribution in [2.75, 3.05) is 19.8 Å². The highest BCUT2D eigenvalue weighted by molar-refractivity contribution is 6.05. The molecule has 0 amide bonds.